The van der Waals surface area contributed by atoms with Crippen LogP contribution in [0.4, 0.5) is 11.4 Å². The van der Waals surface area contributed by atoms with Crippen LogP contribution in [0.5, 0.6) is 0 Å². The molecule has 2 aromatic rings. The van der Waals surface area contributed by atoms with Crippen LogP contribution in [-0.2, 0) is 19.1 Å². The zero-order valence-corrected chi connectivity index (χ0v) is 23.3. The van der Waals surface area contributed by atoms with Crippen LogP contribution in [0.1, 0.15) is 62.5 Å². The summed E-state index contributed by atoms with van der Waals surface area (Å²) in [7, 11) is 1.92. The molecule has 0 spiro atoms. The van der Waals surface area contributed by atoms with Gasteiger partial charge in [-0.05, 0) is 48.2 Å². The number of ether oxygens (including phenoxy) is 1. The fourth-order valence-electron chi connectivity index (χ4n) is 5.14. The molecule has 0 unspecified atom stereocenters. The van der Waals surface area contributed by atoms with Gasteiger partial charge in [0.1, 0.15) is 18.4 Å². The zero-order valence-electron chi connectivity index (χ0n) is 23.3. The van der Waals surface area contributed by atoms with Crippen LogP contribution in [0.15, 0.2) is 72.8 Å². The minimum Gasteiger partial charge on any atom is -0.463 e. The van der Waals surface area contributed by atoms with Crippen LogP contribution in [0, 0.1) is 5.92 Å². The number of unbranched alkanes of at least 4 members (excludes halogenated alkanes) is 2. The lowest BCUT2D eigenvalue weighted by Crippen LogP contribution is -2.44. The maximum absolute atomic E-state index is 13.1. The van der Waals surface area contributed by atoms with Gasteiger partial charge in [0.25, 0.3) is 0 Å². The van der Waals surface area contributed by atoms with E-state index in [2.05, 4.69) is 30.9 Å². The second-order valence-electron chi connectivity index (χ2n) is 10.4. The van der Waals surface area contributed by atoms with Crippen LogP contribution < -0.4 is 9.80 Å². The lowest BCUT2D eigenvalue weighted by molar-refractivity contribution is -0.145. The number of rotatable bonds is 14. The number of nitrogens with zero attached hydrogens (tertiary/aromatic N) is 2. The Balaban J connectivity index is 1.32. The Morgan fingerprint density at radius 1 is 0.744 bits per heavy atom. The molecule has 39 heavy (non-hydrogen) atoms. The molecule has 6 nitrogen and oxygen atoms in total. The molecule has 0 radical (unpaired) electrons. The van der Waals surface area contributed by atoms with Crippen LogP contribution in [0.3, 0.4) is 0 Å². The molecule has 2 aliphatic rings. The summed E-state index contributed by atoms with van der Waals surface area (Å²) in [6, 6.07) is 15.5. The number of hydrogen-bond donors (Lipinski definition) is 0. The molecular formula is C33H40N2O4. The Labute approximate surface area is 232 Å². The van der Waals surface area contributed by atoms with Gasteiger partial charge in [-0.1, -0.05) is 75.3 Å². The van der Waals surface area contributed by atoms with Crippen molar-refractivity contribution in [3.63, 3.8) is 0 Å². The molecule has 0 heterocycles. The average Bonchev–Trinajstić information content (AvgIpc) is 3.50. The number of carbonyl (C=O) groups excluding carboxylic acids is 3. The summed E-state index contributed by atoms with van der Waals surface area (Å²) in [6.45, 7) is 7.26. The molecule has 0 amide bonds. The molecule has 0 aromatic heterocycles. The number of Topliss-reactive ketones (excluding diaryl/α,β-unsaturated/α-hetero) is 2. The molecule has 1 fully saturated rings. The van der Waals surface area contributed by atoms with E-state index in [1.165, 1.54) is 0 Å². The number of ketones is 2. The first kappa shape index (κ1) is 28.3. The molecule has 6 heteroatoms. The number of benzene rings is 2. The number of allylic oxidation sites excluding steroid dienone is 2. The smallest absolute Gasteiger partial charge is 0.316 e. The Hall–Kier alpha value is -3.67. The van der Waals surface area contributed by atoms with Gasteiger partial charge in [-0.25, -0.2) is 0 Å². The maximum atomic E-state index is 13.1. The minimum absolute atomic E-state index is 0.0374. The summed E-state index contributed by atoms with van der Waals surface area (Å²) in [4.78, 5) is 42.6. The van der Waals surface area contributed by atoms with E-state index < -0.39 is 11.8 Å². The normalized spacial score (nSPS) is 18.3. The van der Waals surface area contributed by atoms with Crippen molar-refractivity contribution >= 4 is 28.9 Å². The highest BCUT2D eigenvalue weighted by Crippen LogP contribution is 2.41. The zero-order chi connectivity index (χ0) is 27.8. The molecule has 2 aromatic carbocycles. The van der Waals surface area contributed by atoms with Crippen molar-refractivity contribution < 1.29 is 19.1 Å². The van der Waals surface area contributed by atoms with Gasteiger partial charge in [0.15, 0.2) is 11.6 Å². The summed E-state index contributed by atoms with van der Waals surface area (Å²) < 4.78 is 5.37. The first-order valence-corrected chi connectivity index (χ1v) is 14.2. The van der Waals surface area contributed by atoms with Gasteiger partial charge in [0.2, 0.25) is 0 Å². The number of anilines is 2. The Morgan fingerprint density at radius 2 is 1.23 bits per heavy atom. The SMILES string of the molecule is CCCCN(CCCC)c1ccc(C2C(=O)C(c3ccc(N(C)CCOC(=O)C4C=CC=C4)cc3)C2=O)cc1. The van der Waals surface area contributed by atoms with Gasteiger partial charge in [0, 0.05) is 31.5 Å². The molecule has 0 aliphatic heterocycles. The van der Waals surface area contributed by atoms with Gasteiger partial charge >= 0.3 is 5.97 Å². The van der Waals surface area contributed by atoms with Gasteiger partial charge in [0.05, 0.1) is 12.5 Å². The fourth-order valence-corrected chi connectivity index (χ4v) is 5.14. The molecular weight excluding hydrogens is 488 g/mol. The van der Waals surface area contributed by atoms with Gasteiger partial charge in [-0.2, -0.15) is 0 Å². The van der Waals surface area contributed by atoms with Crippen LogP contribution in [0.2, 0.25) is 0 Å². The van der Waals surface area contributed by atoms with Crippen LogP contribution in [0.25, 0.3) is 0 Å². The maximum Gasteiger partial charge on any atom is 0.316 e. The highest BCUT2D eigenvalue weighted by molar-refractivity contribution is 6.31. The van der Waals surface area contributed by atoms with E-state index in [9.17, 15) is 14.4 Å². The predicted octanol–water partition coefficient (Wildman–Crippen LogP) is 5.83. The fraction of sp³-hybridized carbons (Fsp3) is 0.424. The number of likely N-dealkylation sites (N-methyl/N-ethyl adjacent to an activating group) is 1. The monoisotopic (exact) mass is 528 g/mol. The largest absolute Gasteiger partial charge is 0.463 e. The van der Waals surface area contributed by atoms with Gasteiger partial charge in [-0.15, -0.1) is 0 Å². The summed E-state index contributed by atoms with van der Waals surface area (Å²) in [6.07, 6.45) is 11.9. The van der Waals surface area contributed by atoms with Crippen molar-refractivity contribution in [3.8, 4) is 0 Å². The predicted molar refractivity (Wildman–Crippen MR) is 156 cm³/mol. The third-order valence-electron chi connectivity index (χ3n) is 7.65. The summed E-state index contributed by atoms with van der Waals surface area (Å²) in [5.41, 5.74) is 3.59. The summed E-state index contributed by atoms with van der Waals surface area (Å²) >= 11 is 0. The van der Waals surface area contributed by atoms with Gasteiger partial charge in [-0.3, -0.25) is 14.4 Å². The van der Waals surface area contributed by atoms with Gasteiger partial charge < -0.3 is 14.5 Å². The Kier molecular flexibility index (Phi) is 9.74. The minimum atomic E-state index is -0.701. The van der Waals surface area contributed by atoms with E-state index >= 15 is 0 Å². The summed E-state index contributed by atoms with van der Waals surface area (Å²) in [5.74, 6) is -1.99. The molecule has 206 valence electrons. The van der Waals surface area contributed by atoms with E-state index in [1.54, 1.807) is 0 Å². The first-order valence-electron chi connectivity index (χ1n) is 14.2. The van der Waals surface area contributed by atoms with E-state index in [0.29, 0.717) is 6.54 Å². The average molecular weight is 529 g/mol. The summed E-state index contributed by atoms with van der Waals surface area (Å²) in [5, 5.41) is 0. The lowest BCUT2D eigenvalue weighted by atomic mass is 9.66. The highest BCUT2D eigenvalue weighted by atomic mass is 16.5. The van der Waals surface area contributed by atoms with Crippen LogP contribution in [-0.4, -0.2) is 50.8 Å². The third-order valence-corrected chi connectivity index (χ3v) is 7.65. The molecule has 2 aliphatic carbocycles. The molecule has 0 saturated heterocycles. The quantitative estimate of drug-likeness (QED) is 0.227. The highest BCUT2D eigenvalue weighted by Gasteiger charge is 2.50. The molecule has 1 saturated carbocycles. The first-order chi connectivity index (χ1) is 18.9. The van der Waals surface area contributed by atoms with Crippen molar-refractivity contribution in [2.45, 2.75) is 51.4 Å². The second-order valence-corrected chi connectivity index (χ2v) is 10.4. The van der Waals surface area contributed by atoms with Crippen molar-refractivity contribution in [1.29, 1.82) is 0 Å². The molecule has 4 rings (SSSR count). The molecule has 0 bridgehead atoms. The third kappa shape index (κ3) is 6.67. The lowest BCUT2D eigenvalue weighted by Gasteiger charge is -2.33. The Bertz CT molecular complexity index is 1160. The Morgan fingerprint density at radius 3 is 1.72 bits per heavy atom. The van der Waals surface area contributed by atoms with E-state index in [4.69, 9.17) is 4.74 Å². The second kappa shape index (κ2) is 13.4. The molecule has 0 atom stereocenters. The number of hydrogen-bond acceptors (Lipinski definition) is 6. The standard InChI is InChI=1S/C33H40N2O4/c1-4-6-20-35(21-7-5-2)28-18-14-25(15-19-28)30-31(36)29(32(30)37)24-12-16-27(17-13-24)34(3)22-23-39-33(38)26-10-8-9-11-26/h8-19,26,29-30H,4-7,20-23H2,1-3H3. The van der Waals surface area contributed by atoms with Crippen molar-refractivity contribution in [2.75, 3.05) is 43.1 Å². The van der Waals surface area contributed by atoms with Crippen molar-refractivity contribution in [2.24, 2.45) is 5.92 Å². The topological polar surface area (TPSA) is 66.9 Å². The van der Waals surface area contributed by atoms with Crippen molar-refractivity contribution in [1.82, 2.24) is 0 Å². The van der Waals surface area contributed by atoms with E-state index in [0.717, 1.165) is 61.3 Å². The van der Waals surface area contributed by atoms with Crippen molar-refractivity contribution in [3.05, 3.63) is 84.0 Å². The molecule has 0 N–H and O–H groups in total. The van der Waals surface area contributed by atoms with E-state index in [-0.39, 0.29) is 30.1 Å². The van der Waals surface area contributed by atoms with E-state index in [1.807, 2.05) is 72.6 Å². The number of esters is 1. The number of carbonyl (C=O) groups is 3. The van der Waals surface area contributed by atoms with Crippen LogP contribution >= 0.6 is 0 Å².